The second kappa shape index (κ2) is 8.72. The number of carbonyl (C=O) groups excluding carboxylic acids is 2. The first-order valence-corrected chi connectivity index (χ1v) is 7.98. The monoisotopic (exact) mass is 326 g/mol. The van der Waals surface area contributed by atoms with Crippen LogP contribution in [-0.4, -0.2) is 24.9 Å². The Kier molecular flexibility index (Phi) is 6.37. The number of carbonyl (C=O) groups is 2. The SMILES string of the molecule is CCCNC(=O)CN(C(C)=O)c1ccc(Oc2ccccc2)cc1. The quantitative estimate of drug-likeness (QED) is 0.849. The van der Waals surface area contributed by atoms with Crippen LogP contribution in [0.4, 0.5) is 5.69 Å². The van der Waals surface area contributed by atoms with E-state index in [1.807, 2.05) is 37.3 Å². The van der Waals surface area contributed by atoms with Gasteiger partial charge in [0, 0.05) is 19.2 Å². The molecule has 0 radical (unpaired) electrons. The lowest BCUT2D eigenvalue weighted by Gasteiger charge is -2.21. The molecule has 0 saturated heterocycles. The van der Waals surface area contributed by atoms with Crippen molar-refractivity contribution in [3.05, 3.63) is 54.6 Å². The van der Waals surface area contributed by atoms with Crippen molar-refractivity contribution in [3.8, 4) is 11.5 Å². The van der Waals surface area contributed by atoms with E-state index in [-0.39, 0.29) is 18.4 Å². The molecule has 0 aliphatic rings. The smallest absolute Gasteiger partial charge is 0.240 e. The highest BCUT2D eigenvalue weighted by Gasteiger charge is 2.15. The zero-order chi connectivity index (χ0) is 17.4. The van der Waals surface area contributed by atoms with Crippen LogP contribution in [0.25, 0.3) is 0 Å². The predicted molar refractivity (Wildman–Crippen MR) is 94.3 cm³/mol. The summed E-state index contributed by atoms with van der Waals surface area (Å²) in [6.45, 7) is 4.04. The summed E-state index contributed by atoms with van der Waals surface area (Å²) in [5, 5.41) is 2.77. The number of hydrogen-bond acceptors (Lipinski definition) is 3. The molecule has 5 heteroatoms. The van der Waals surface area contributed by atoms with Gasteiger partial charge in [-0.3, -0.25) is 9.59 Å². The van der Waals surface area contributed by atoms with Gasteiger partial charge in [0.1, 0.15) is 18.0 Å². The van der Waals surface area contributed by atoms with E-state index in [4.69, 9.17) is 4.74 Å². The third-order valence-corrected chi connectivity index (χ3v) is 3.38. The molecule has 0 fully saturated rings. The molecule has 5 nitrogen and oxygen atoms in total. The van der Waals surface area contributed by atoms with E-state index in [1.165, 1.54) is 11.8 Å². The van der Waals surface area contributed by atoms with Crippen LogP contribution >= 0.6 is 0 Å². The van der Waals surface area contributed by atoms with Crippen LogP contribution in [-0.2, 0) is 9.59 Å². The summed E-state index contributed by atoms with van der Waals surface area (Å²) >= 11 is 0. The van der Waals surface area contributed by atoms with Gasteiger partial charge in [0.15, 0.2) is 0 Å². The van der Waals surface area contributed by atoms with Crippen LogP contribution in [0.2, 0.25) is 0 Å². The van der Waals surface area contributed by atoms with E-state index in [1.54, 1.807) is 24.3 Å². The van der Waals surface area contributed by atoms with Crippen molar-refractivity contribution in [1.29, 1.82) is 0 Å². The molecular formula is C19H22N2O3. The molecule has 0 saturated carbocycles. The molecule has 0 aliphatic carbocycles. The van der Waals surface area contributed by atoms with E-state index >= 15 is 0 Å². The van der Waals surface area contributed by atoms with Crippen LogP contribution < -0.4 is 15.0 Å². The Labute approximate surface area is 142 Å². The number of rotatable bonds is 7. The zero-order valence-corrected chi connectivity index (χ0v) is 14.0. The Bertz CT molecular complexity index is 669. The number of anilines is 1. The fourth-order valence-corrected chi connectivity index (χ4v) is 2.17. The second-order valence-corrected chi connectivity index (χ2v) is 5.36. The zero-order valence-electron chi connectivity index (χ0n) is 14.0. The molecule has 0 aliphatic heterocycles. The molecule has 24 heavy (non-hydrogen) atoms. The van der Waals surface area contributed by atoms with Gasteiger partial charge in [-0.05, 0) is 42.8 Å². The number of nitrogens with one attached hydrogen (secondary N) is 1. The van der Waals surface area contributed by atoms with Gasteiger partial charge in [0.05, 0.1) is 0 Å². The predicted octanol–water partition coefficient (Wildman–Crippen LogP) is 3.36. The van der Waals surface area contributed by atoms with Crippen molar-refractivity contribution in [1.82, 2.24) is 5.32 Å². The lowest BCUT2D eigenvalue weighted by Crippen LogP contribution is -2.40. The van der Waals surface area contributed by atoms with Crippen molar-refractivity contribution >= 4 is 17.5 Å². The van der Waals surface area contributed by atoms with E-state index in [0.717, 1.165) is 12.2 Å². The Morgan fingerprint density at radius 3 is 2.21 bits per heavy atom. The van der Waals surface area contributed by atoms with Gasteiger partial charge in [-0.2, -0.15) is 0 Å². The second-order valence-electron chi connectivity index (χ2n) is 5.36. The number of para-hydroxylation sites is 1. The maximum Gasteiger partial charge on any atom is 0.240 e. The van der Waals surface area contributed by atoms with Crippen molar-refractivity contribution < 1.29 is 14.3 Å². The van der Waals surface area contributed by atoms with Crippen LogP contribution in [0.3, 0.4) is 0 Å². The molecule has 2 aromatic carbocycles. The topological polar surface area (TPSA) is 58.6 Å². The fraction of sp³-hybridized carbons (Fsp3) is 0.263. The molecule has 0 aromatic heterocycles. The molecular weight excluding hydrogens is 304 g/mol. The lowest BCUT2D eigenvalue weighted by molar-refractivity contribution is -0.123. The number of benzene rings is 2. The van der Waals surface area contributed by atoms with Crippen molar-refractivity contribution in [2.24, 2.45) is 0 Å². The summed E-state index contributed by atoms with van der Waals surface area (Å²) in [6.07, 6.45) is 0.858. The third kappa shape index (κ3) is 5.12. The van der Waals surface area contributed by atoms with E-state index in [0.29, 0.717) is 18.0 Å². The van der Waals surface area contributed by atoms with Gasteiger partial charge in [0.25, 0.3) is 0 Å². The molecule has 0 bridgehead atoms. The van der Waals surface area contributed by atoms with Gasteiger partial charge >= 0.3 is 0 Å². The first-order valence-electron chi connectivity index (χ1n) is 7.98. The molecule has 0 heterocycles. The van der Waals surface area contributed by atoms with Crippen molar-refractivity contribution in [3.63, 3.8) is 0 Å². The van der Waals surface area contributed by atoms with Gasteiger partial charge in [-0.25, -0.2) is 0 Å². The Balaban J connectivity index is 2.05. The van der Waals surface area contributed by atoms with Crippen molar-refractivity contribution in [2.45, 2.75) is 20.3 Å². The highest BCUT2D eigenvalue weighted by Crippen LogP contribution is 2.24. The molecule has 0 spiro atoms. The number of hydrogen-bond donors (Lipinski definition) is 1. The first-order chi connectivity index (χ1) is 11.6. The van der Waals surface area contributed by atoms with E-state index in [9.17, 15) is 9.59 Å². The van der Waals surface area contributed by atoms with E-state index in [2.05, 4.69) is 5.32 Å². The molecule has 1 N–H and O–H groups in total. The summed E-state index contributed by atoms with van der Waals surface area (Å²) in [5.74, 6) is 1.06. The van der Waals surface area contributed by atoms with E-state index < -0.39 is 0 Å². The maximum absolute atomic E-state index is 11.9. The number of nitrogens with zero attached hydrogens (tertiary/aromatic N) is 1. The molecule has 0 unspecified atom stereocenters. The molecule has 0 atom stereocenters. The number of ether oxygens (including phenoxy) is 1. The molecule has 2 aromatic rings. The molecule has 126 valence electrons. The normalized spacial score (nSPS) is 10.1. The number of amides is 2. The maximum atomic E-state index is 11.9. The third-order valence-electron chi connectivity index (χ3n) is 3.38. The summed E-state index contributed by atoms with van der Waals surface area (Å²) in [6, 6.07) is 16.6. The molecule has 2 amide bonds. The minimum Gasteiger partial charge on any atom is -0.457 e. The standard InChI is InChI=1S/C19H22N2O3/c1-3-13-20-19(23)14-21(15(2)22)16-9-11-18(12-10-16)24-17-7-5-4-6-8-17/h4-12H,3,13-14H2,1-2H3,(H,20,23). The summed E-state index contributed by atoms with van der Waals surface area (Å²) in [5.41, 5.74) is 0.662. The average Bonchev–Trinajstić information content (AvgIpc) is 2.59. The first kappa shape index (κ1) is 17.5. The van der Waals surface area contributed by atoms with Crippen LogP contribution in [0, 0.1) is 0 Å². The summed E-state index contributed by atoms with van der Waals surface area (Å²) in [7, 11) is 0. The minimum absolute atomic E-state index is 0.00816. The van der Waals surface area contributed by atoms with Gasteiger partial charge in [-0.1, -0.05) is 25.1 Å². The van der Waals surface area contributed by atoms with Crippen molar-refractivity contribution in [2.75, 3.05) is 18.0 Å². The Hall–Kier alpha value is -2.82. The summed E-state index contributed by atoms with van der Waals surface area (Å²) < 4.78 is 5.73. The molecule has 2 rings (SSSR count). The largest absolute Gasteiger partial charge is 0.457 e. The lowest BCUT2D eigenvalue weighted by atomic mass is 10.2. The fourth-order valence-electron chi connectivity index (χ4n) is 2.17. The van der Waals surface area contributed by atoms with Gasteiger partial charge in [0.2, 0.25) is 11.8 Å². The average molecular weight is 326 g/mol. The summed E-state index contributed by atoms with van der Waals surface area (Å²) in [4.78, 5) is 25.2. The van der Waals surface area contributed by atoms with Gasteiger partial charge in [-0.15, -0.1) is 0 Å². The van der Waals surface area contributed by atoms with Crippen LogP contribution in [0.5, 0.6) is 11.5 Å². The van der Waals surface area contributed by atoms with Crippen LogP contribution in [0.15, 0.2) is 54.6 Å². The highest BCUT2D eigenvalue weighted by atomic mass is 16.5. The van der Waals surface area contributed by atoms with Gasteiger partial charge < -0.3 is 15.0 Å². The Morgan fingerprint density at radius 2 is 1.62 bits per heavy atom. The Morgan fingerprint density at radius 1 is 1.00 bits per heavy atom. The highest BCUT2D eigenvalue weighted by molar-refractivity contribution is 5.97. The minimum atomic E-state index is -0.182. The van der Waals surface area contributed by atoms with Crippen LogP contribution in [0.1, 0.15) is 20.3 Å².